The van der Waals surface area contributed by atoms with Gasteiger partial charge in [-0.2, -0.15) is 5.21 Å². The van der Waals surface area contributed by atoms with Crippen LogP contribution in [-0.2, 0) is 20.7 Å². The highest BCUT2D eigenvalue weighted by molar-refractivity contribution is 5.98. The van der Waals surface area contributed by atoms with Crippen molar-refractivity contribution in [2.75, 3.05) is 11.9 Å². The molecule has 1 fully saturated rings. The number of alkyl carbamates (subject to hydrolysis) is 1. The van der Waals surface area contributed by atoms with Gasteiger partial charge in [0, 0.05) is 36.2 Å². The van der Waals surface area contributed by atoms with Crippen molar-refractivity contribution in [3.63, 3.8) is 0 Å². The predicted molar refractivity (Wildman–Crippen MR) is 203 cm³/mol. The first-order chi connectivity index (χ1) is 25.6. The number of H-pyrrole nitrogens is 1. The number of hydrogen-bond donors (Lipinski definition) is 5. The van der Waals surface area contributed by atoms with Crippen LogP contribution in [0.5, 0.6) is 0 Å². The van der Waals surface area contributed by atoms with Gasteiger partial charge in [0.15, 0.2) is 0 Å². The lowest BCUT2D eigenvalue weighted by Crippen LogP contribution is -2.48. The summed E-state index contributed by atoms with van der Waals surface area (Å²) in [4.78, 5) is 52.0. The zero-order valence-electron chi connectivity index (χ0n) is 31.6. The largest absolute Gasteiger partial charge is 0.444 e. The summed E-state index contributed by atoms with van der Waals surface area (Å²) in [5.74, 6) is -1.52. The van der Waals surface area contributed by atoms with E-state index in [0.29, 0.717) is 24.9 Å². The number of anilines is 1. The van der Waals surface area contributed by atoms with E-state index >= 15 is 0 Å². The summed E-state index contributed by atoms with van der Waals surface area (Å²) in [7, 11) is 0. The van der Waals surface area contributed by atoms with E-state index in [0.717, 1.165) is 35.1 Å². The Morgan fingerprint density at radius 1 is 0.926 bits per heavy atom. The number of aromatic nitrogens is 4. The summed E-state index contributed by atoms with van der Waals surface area (Å²) in [6, 6.07) is 16.5. The summed E-state index contributed by atoms with van der Waals surface area (Å²) < 4.78 is 20.3. The van der Waals surface area contributed by atoms with Crippen LogP contribution < -0.4 is 21.3 Å². The van der Waals surface area contributed by atoms with Crippen LogP contribution in [0.2, 0.25) is 0 Å². The molecular formula is C40H49FN8O5. The molecule has 54 heavy (non-hydrogen) atoms. The van der Waals surface area contributed by atoms with E-state index < -0.39 is 29.5 Å². The topological polar surface area (TPSA) is 180 Å². The minimum absolute atomic E-state index is 0.0278. The van der Waals surface area contributed by atoms with Gasteiger partial charge in [-0.1, -0.05) is 30.3 Å². The maximum atomic E-state index is 15.0. The van der Waals surface area contributed by atoms with Gasteiger partial charge in [0.25, 0.3) is 5.91 Å². The van der Waals surface area contributed by atoms with Gasteiger partial charge < -0.3 is 26.0 Å². The molecule has 1 heterocycles. The first-order valence-electron chi connectivity index (χ1n) is 18.3. The number of nitrogens with one attached hydrogen (secondary N) is 5. The number of carbonyl (C=O) groups is 4. The molecule has 5 N–H and O–H groups in total. The lowest BCUT2D eigenvalue weighted by atomic mass is 9.81. The first-order valence-corrected chi connectivity index (χ1v) is 18.3. The summed E-state index contributed by atoms with van der Waals surface area (Å²) in [6.07, 6.45) is 2.41. The van der Waals surface area contributed by atoms with Crippen LogP contribution in [0.4, 0.5) is 14.9 Å². The van der Waals surface area contributed by atoms with Crippen LogP contribution in [0.15, 0.2) is 60.7 Å². The van der Waals surface area contributed by atoms with E-state index in [1.54, 1.807) is 6.07 Å². The molecule has 0 unspecified atom stereocenters. The molecule has 0 saturated heterocycles. The molecule has 13 nitrogen and oxygen atoms in total. The summed E-state index contributed by atoms with van der Waals surface area (Å²) in [5, 5.41) is 24.9. The van der Waals surface area contributed by atoms with E-state index in [1.165, 1.54) is 18.2 Å². The van der Waals surface area contributed by atoms with Crippen LogP contribution >= 0.6 is 0 Å². The van der Waals surface area contributed by atoms with E-state index in [4.69, 9.17) is 4.74 Å². The van der Waals surface area contributed by atoms with Gasteiger partial charge in [-0.05, 0) is 131 Å². The van der Waals surface area contributed by atoms with Gasteiger partial charge in [-0.3, -0.25) is 14.4 Å². The molecule has 1 aromatic heterocycles. The van der Waals surface area contributed by atoms with Gasteiger partial charge in [-0.15, -0.1) is 10.2 Å². The molecule has 1 aliphatic carbocycles. The SMILES string of the molecule is Cc1cc(C(=O)NC(C)C)ccc1-c1ccc(C[C@H](NC(=O)C2CCC(CNC(=O)OC(C)(C)C)CC2)C(=O)Nc2ccc(-c3nn[nH]n3)c(F)c2)cc1. The van der Waals surface area contributed by atoms with Crippen molar-refractivity contribution in [2.24, 2.45) is 11.8 Å². The maximum Gasteiger partial charge on any atom is 0.407 e. The Morgan fingerprint density at radius 2 is 1.63 bits per heavy atom. The molecule has 0 radical (unpaired) electrons. The van der Waals surface area contributed by atoms with Crippen LogP contribution in [0.1, 0.15) is 81.8 Å². The highest BCUT2D eigenvalue weighted by atomic mass is 19.1. The Balaban J connectivity index is 1.27. The second-order valence-electron chi connectivity index (χ2n) is 15.1. The number of halogens is 1. The summed E-state index contributed by atoms with van der Waals surface area (Å²) in [5.41, 5.74) is 3.97. The van der Waals surface area contributed by atoms with Crippen molar-refractivity contribution in [2.45, 2.75) is 91.3 Å². The average Bonchev–Trinajstić information content (AvgIpc) is 3.65. The van der Waals surface area contributed by atoms with Crippen molar-refractivity contribution in [1.82, 2.24) is 36.6 Å². The number of tetrazole rings is 1. The molecule has 0 spiro atoms. The molecule has 3 aromatic carbocycles. The number of hydrogen-bond acceptors (Lipinski definition) is 8. The molecular weight excluding hydrogens is 691 g/mol. The van der Waals surface area contributed by atoms with Crippen molar-refractivity contribution < 1.29 is 28.3 Å². The third kappa shape index (κ3) is 10.9. The third-order valence-corrected chi connectivity index (χ3v) is 9.22. The predicted octanol–water partition coefficient (Wildman–Crippen LogP) is 6.12. The molecule has 1 atom stereocenters. The smallest absolute Gasteiger partial charge is 0.407 e. The van der Waals surface area contributed by atoms with Crippen molar-refractivity contribution >= 4 is 29.5 Å². The van der Waals surface area contributed by atoms with Crippen LogP contribution in [-0.4, -0.2) is 68.7 Å². The molecule has 1 saturated carbocycles. The summed E-state index contributed by atoms with van der Waals surface area (Å²) in [6.45, 7) is 11.7. The highest BCUT2D eigenvalue weighted by Crippen LogP contribution is 2.30. The summed E-state index contributed by atoms with van der Waals surface area (Å²) >= 11 is 0. The van der Waals surface area contributed by atoms with Crippen molar-refractivity contribution in [3.05, 3.63) is 83.2 Å². The normalized spacial score (nSPS) is 16.3. The number of aromatic amines is 1. The molecule has 5 rings (SSSR count). The minimum atomic E-state index is -0.963. The third-order valence-electron chi connectivity index (χ3n) is 9.22. The fraction of sp³-hybridized carbons (Fsp3) is 0.425. The van der Waals surface area contributed by atoms with Crippen LogP contribution in [0.3, 0.4) is 0 Å². The lowest BCUT2D eigenvalue weighted by molar-refractivity contribution is -0.130. The number of carbonyl (C=O) groups excluding carboxylic acids is 4. The zero-order chi connectivity index (χ0) is 39.0. The number of rotatable bonds is 12. The maximum absolute atomic E-state index is 15.0. The Bertz CT molecular complexity index is 1930. The Kier molecular flexibility index (Phi) is 12.8. The van der Waals surface area contributed by atoms with E-state index in [-0.39, 0.29) is 53.2 Å². The number of nitrogens with zero attached hydrogens (tertiary/aromatic N) is 3. The zero-order valence-corrected chi connectivity index (χ0v) is 31.6. The number of ether oxygens (including phenoxy) is 1. The lowest BCUT2D eigenvalue weighted by Gasteiger charge is -2.29. The molecule has 4 amide bonds. The van der Waals surface area contributed by atoms with E-state index in [2.05, 4.69) is 41.9 Å². The van der Waals surface area contributed by atoms with E-state index in [9.17, 15) is 23.6 Å². The molecule has 4 aromatic rings. The molecule has 0 bridgehead atoms. The Morgan fingerprint density at radius 3 is 2.24 bits per heavy atom. The number of benzene rings is 3. The molecule has 14 heteroatoms. The second kappa shape index (κ2) is 17.4. The van der Waals surface area contributed by atoms with Crippen molar-refractivity contribution in [1.29, 1.82) is 0 Å². The fourth-order valence-corrected chi connectivity index (χ4v) is 6.48. The van der Waals surface area contributed by atoms with Gasteiger partial charge >= 0.3 is 6.09 Å². The van der Waals surface area contributed by atoms with Crippen molar-refractivity contribution in [3.8, 4) is 22.5 Å². The minimum Gasteiger partial charge on any atom is -0.444 e. The first kappa shape index (κ1) is 39.5. The van der Waals surface area contributed by atoms with Gasteiger partial charge in [0.2, 0.25) is 17.6 Å². The van der Waals surface area contributed by atoms with Crippen LogP contribution in [0.25, 0.3) is 22.5 Å². The quantitative estimate of drug-likeness (QED) is 0.115. The fourth-order valence-electron chi connectivity index (χ4n) is 6.48. The van der Waals surface area contributed by atoms with Gasteiger partial charge in [-0.25, -0.2) is 9.18 Å². The van der Waals surface area contributed by atoms with Gasteiger partial charge in [0.05, 0.1) is 5.56 Å². The Hall–Kier alpha value is -5.66. The average molecular weight is 741 g/mol. The number of aryl methyl sites for hydroxylation is 1. The second-order valence-corrected chi connectivity index (χ2v) is 15.1. The van der Waals surface area contributed by atoms with Crippen LogP contribution in [0, 0.1) is 24.6 Å². The molecule has 286 valence electrons. The molecule has 1 aliphatic rings. The number of amides is 4. The standard InChI is InChI=1S/C40H49FN8O5/c1-23(2)43-37(51)29-15-17-31(24(3)19-29)27-11-7-25(8-12-27)20-34(38(52)44-30-16-18-32(33(41)21-30)35-46-48-49-47-35)45-36(50)28-13-9-26(10-14-28)22-42-39(53)54-40(4,5)6/h7-8,11-12,15-19,21,23,26,28,34H,9-10,13-14,20,22H2,1-6H3,(H,42,53)(H,43,51)(H,44,52)(H,45,50)(H,46,47,48,49)/t26?,28?,34-/m0/s1. The molecule has 0 aliphatic heterocycles. The monoisotopic (exact) mass is 740 g/mol. The Labute approximate surface area is 314 Å². The van der Waals surface area contributed by atoms with E-state index in [1.807, 2.05) is 77.9 Å². The van der Waals surface area contributed by atoms with Gasteiger partial charge in [0.1, 0.15) is 17.5 Å². The highest BCUT2D eigenvalue weighted by Gasteiger charge is 2.30.